The summed E-state index contributed by atoms with van der Waals surface area (Å²) in [7, 11) is -3.25. The Bertz CT molecular complexity index is 716. The van der Waals surface area contributed by atoms with E-state index in [4.69, 9.17) is 4.74 Å². The minimum atomic E-state index is -3.25. The summed E-state index contributed by atoms with van der Waals surface area (Å²) >= 11 is 0. The molecule has 0 radical (unpaired) electrons. The Kier molecular flexibility index (Phi) is 6.42. The second-order valence-electron chi connectivity index (χ2n) is 6.22. The SMILES string of the molecule is CCCn1nc(C)c(NC(=O)NC[C@H]2CN(S(C)(=O)=O)CCO2)c1C. The topological polar surface area (TPSA) is 106 Å². The summed E-state index contributed by atoms with van der Waals surface area (Å²) in [5, 5.41) is 9.97. The summed E-state index contributed by atoms with van der Waals surface area (Å²) in [4.78, 5) is 12.2. The number of hydrogen-bond donors (Lipinski definition) is 2. The van der Waals surface area contributed by atoms with Crippen LogP contribution in [0.5, 0.6) is 0 Å². The van der Waals surface area contributed by atoms with Gasteiger partial charge >= 0.3 is 6.03 Å². The Labute approximate surface area is 148 Å². The van der Waals surface area contributed by atoms with Crippen molar-refractivity contribution in [3.8, 4) is 0 Å². The first-order valence-electron chi connectivity index (χ1n) is 8.38. The molecule has 0 aromatic carbocycles. The lowest BCUT2D eigenvalue weighted by molar-refractivity contribution is 0.00167. The van der Waals surface area contributed by atoms with Crippen molar-refractivity contribution in [1.29, 1.82) is 0 Å². The van der Waals surface area contributed by atoms with Crippen LogP contribution in [0, 0.1) is 13.8 Å². The quantitative estimate of drug-likeness (QED) is 0.763. The zero-order chi connectivity index (χ0) is 18.6. The third-order valence-corrected chi connectivity index (χ3v) is 5.39. The van der Waals surface area contributed by atoms with E-state index in [2.05, 4.69) is 22.7 Å². The number of anilines is 1. The van der Waals surface area contributed by atoms with Crippen molar-refractivity contribution in [1.82, 2.24) is 19.4 Å². The van der Waals surface area contributed by atoms with Gasteiger partial charge in [0.25, 0.3) is 0 Å². The maximum absolute atomic E-state index is 12.2. The van der Waals surface area contributed by atoms with Gasteiger partial charge in [0, 0.05) is 26.2 Å². The fourth-order valence-corrected chi connectivity index (χ4v) is 3.63. The Morgan fingerprint density at radius 1 is 1.40 bits per heavy atom. The number of carbonyl (C=O) groups excluding carboxylic acids is 1. The largest absolute Gasteiger partial charge is 0.374 e. The van der Waals surface area contributed by atoms with Crippen LogP contribution in [0.2, 0.25) is 0 Å². The number of carbonyl (C=O) groups is 1. The van der Waals surface area contributed by atoms with E-state index in [1.807, 2.05) is 18.5 Å². The third kappa shape index (κ3) is 5.16. The molecule has 2 rings (SSSR count). The molecule has 9 nitrogen and oxygen atoms in total. The van der Waals surface area contributed by atoms with Crippen LogP contribution in [-0.2, 0) is 21.3 Å². The van der Waals surface area contributed by atoms with Crippen LogP contribution in [0.25, 0.3) is 0 Å². The molecule has 0 spiro atoms. The van der Waals surface area contributed by atoms with Crippen molar-refractivity contribution in [2.45, 2.75) is 39.8 Å². The molecular weight excluding hydrogens is 346 g/mol. The maximum atomic E-state index is 12.2. The number of urea groups is 1. The van der Waals surface area contributed by atoms with Crippen LogP contribution < -0.4 is 10.6 Å². The molecule has 1 aromatic heterocycles. The number of aromatic nitrogens is 2. The molecule has 2 N–H and O–H groups in total. The summed E-state index contributed by atoms with van der Waals surface area (Å²) in [6, 6.07) is -0.359. The van der Waals surface area contributed by atoms with Crippen LogP contribution in [0.1, 0.15) is 24.7 Å². The lowest BCUT2D eigenvalue weighted by Gasteiger charge is -2.31. The van der Waals surface area contributed by atoms with E-state index in [0.29, 0.717) is 18.8 Å². The Morgan fingerprint density at radius 3 is 2.76 bits per heavy atom. The highest BCUT2D eigenvalue weighted by atomic mass is 32.2. The van der Waals surface area contributed by atoms with Crippen molar-refractivity contribution in [3.63, 3.8) is 0 Å². The molecule has 25 heavy (non-hydrogen) atoms. The number of amides is 2. The van der Waals surface area contributed by atoms with Gasteiger partial charge in [-0.2, -0.15) is 9.40 Å². The molecule has 0 bridgehead atoms. The molecule has 1 aliphatic rings. The monoisotopic (exact) mass is 373 g/mol. The predicted octanol–water partition coefficient (Wildman–Crippen LogP) is 0.692. The second kappa shape index (κ2) is 8.15. The van der Waals surface area contributed by atoms with Crippen molar-refractivity contribution >= 4 is 21.7 Å². The number of hydrogen-bond acceptors (Lipinski definition) is 5. The van der Waals surface area contributed by atoms with Crippen molar-refractivity contribution in [3.05, 3.63) is 11.4 Å². The highest BCUT2D eigenvalue weighted by Crippen LogP contribution is 2.19. The van der Waals surface area contributed by atoms with Gasteiger partial charge in [-0.05, 0) is 20.3 Å². The van der Waals surface area contributed by atoms with E-state index in [-0.39, 0.29) is 25.2 Å². The third-order valence-electron chi connectivity index (χ3n) is 4.12. The molecule has 0 saturated carbocycles. The second-order valence-corrected chi connectivity index (χ2v) is 8.20. The van der Waals surface area contributed by atoms with E-state index < -0.39 is 10.0 Å². The predicted molar refractivity (Wildman–Crippen MR) is 95.2 cm³/mol. The zero-order valence-electron chi connectivity index (χ0n) is 15.2. The molecule has 1 atom stereocenters. The fraction of sp³-hybridized carbons (Fsp3) is 0.733. The zero-order valence-corrected chi connectivity index (χ0v) is 16.0. The lowest BCUT2D eigenvalue weighted by Crippen LogP contribution is -2.49. The summed E-state index contributed by atoms with van der Waals surface area (Å²) in [6.07, 6.45) is 1.78. The van der Waals surface area contributed by atoms with Gasteiger partial charge < -0.3 is 15.4 Å². The molecule has 142 valence electrons. The van der Waals surface area contributed by atoms with Gasteiger partial charge in [-0.3, -0.25) is 4.68 Å². The van der Waals surface area contributed by atoms with Crippen LogP contribution in [0.3, 0.4) is 0 Å². The number of sulfonamides is 1. The van der Waals surface area contributed by atoms with E-state index >= 15 is 0 Å². The molecule has 0 unspecified atom stereocenters. The van der Waals surface area contributed by atoms with E-state index in [1.165, 1.54) is 10.6 Å². The normalized spacial score (nSPS) is 19.0. The minimum Gasteiger partial charge on any atom is -0.374 e. The Morgan fingerprint density at radius 2 is 2.12 bits per heavy atom. The Hall–Kier alpha value is -1.65. The van der Waals surface area contributed by atoms with Gasteiger partial charge in [0.15, 0.2) is 0 Å². The molecule has 10 heteroatoms. The number of nitrogens with zero attached hydrogens (tertiary/aromatic N) is 3. The van der Waals surface area contributed by atoms with E-state index in [1.54, 1.807) is 0 Å². The molecule has 1 saturated heterocycles. The number of rotatable bonds is 6. The summed E-state index contributed by atoms with van der Waals surface area (Å²) in [5.41, 5.74) is 2.37. The summed E-state index contributed by atoms with van der Waals surface area (Å²) < 4.78 is 32.0. The van der Waals surface area contributed by atoms with Crippen LogP contribution in [0.15, 0.2) is 0 Å². The average Bonchev–Trinajstić information content (AvgIpc) is 2.80. The van der Waals surface area contributed by atoms with Crippen LogP contribution >= 0.6 is 0 Å². The van der Waals surface area contributed by atoms with Crippen LogP contribution in [-0.4, -0.2) is 67.1 Å². The number of aryl methyl sites for hydroxylation is 2. The first kappa shape index (κ1) is 19.7. The van der Waals surface area contributed by atoms with Crippen molar-refractivity contribution in [2.24, 2.45) is 0 Å². The summed E-state index contributed by atoms with van der Waals surface area (Å²) in [6.45, 7) is 7.78. The molecule has 1 aliphatic heterocycles. The van der Waals surface area contributed by atoms with Crippen LogP contribution in [0.4, 0.5) is 10.5 Å². The van der Waals surface area contributed by atoms with Gasteiger partial charge in [0.1, 0.15) is 0 Å². The van der Waals surface area contributed by atoms with Gasteiger partial charge in [-0.25, -0.2) is 13.2 Å². The van der Waals surface area contributed by atoms with E-state index in [9.17, 15) is 13.2 Å². The minimum absolute atomic E-state index is 0.235. The van der Waals surface area contributed by atoms with Crippen molar-refractivity contribution < 1.29 is 17.9 Å². The number of morpholine rings is 1. The smallest absolute Gasteiger partial charge is 0.319 e. The highest BCUT2D eigenvalue weighted by Gasteiger charge is 2.26. The molecule has 1 aromatic rings. The maximum Gasteiger partial charge on any atom is 0.319 e. The average molecular weight is 373 g/mol. The van der Waals surface area contributed by atoms with Gasteiger partial charge in [0.2, 0.25) is 10.0 Å². The van der Waals surface area contributed by atoms with Gasteiger partial charge in [0.05, 0.1) is 36.0 Å². The fourth-order valence-electron chi connectivity index (χ4n) is 2.79. The lowest BCUT2D eigenvalue weighted by atomic mass is 10.3. The number of nitrogens with one attached hydrogen (secondary N) is 2. The van der Waals surface area contributed by atoms with E-state index in [0.717, 1.165) is 24.4 Å². The molecule has 2 amide bonds. The van der Waals surface area contributed by atoms with Gasteiger partial charge in [-0.15, -0.1) is 0 Å². The molecule has 1 fully saturated rings. The molecular formula is C15H27N5O4S. The van der Waals surface area contributed by atoms with Crippen molar-refractivity contribution in [2.75, 3.05) is 37.8 Å². The number of ether oxygens (including phenoxy) is 1. The molecule has 2 heterocycles. The summed E-state index contributed by atoms with van der Waals surface area (Å²) in [5.74, 6) is 0. The molecule has 0 aliphatic carbocycles. The highest BCUT2D eigenvalue weighted by molar-refractivity contribution is 7.88. The van der Waals surface area contributed by atoms with Gasteiger partial charge in [-0.1, -0.05) is 6.92 Å². The first-order valence-corrected chi connectivity index (χ1v) is 10.2. The standard InChI is InChI=1S/C15H27N5O4S/c1-5-6-20-12(3)14(11(2)18-20)17-15(21)16-9-13-10-19(7-8-24-13)25(4,22)23/h13H,5-10H2,1-4H3,(H2,16,17,21)/t13-/m0/s1. The Balaban J connectivity index is 1.89. The first-order chi connectivity index (χ1) is 11.7.